The fraction of sp³-hybridized carbons (Fsp3) is 1.00. The Kier molecular flexibility index (Phi) is 4.62. The molecule has 0 spiro atoms. The van der Waals surface area contributed by atoms with Gasteiger partial charge in [-0.15, -0.1) is 0 Å². The summed E-state index contributed by atoms with van der Waals surface area (Å²) in [4.78, 5) is 2.63. The van der Waals surface area contributed by atoms with Crippen LogP contribution in [0.2, 0.25) is 0 Å². The lowest BCUT2D eigenvalue weighted by Gasteiger charge is -2.33. The van der Waals surface area contributed by atoms with Gasteiger partial charge in [0.1, 0.15) is 0 Å². The number of hydrogen-bond acceptors (Lipinski definition) is 3. The Labute approximate surface area is 99.5 Å². The fourth-order valence-electron chi connectivity index (χ4n) is 3.26. The van der Waals surface area contributed by atoms with Crippen LogP contribution in [0.15, 0.2) is 0 Å². The Bertz CT molecular complexity index is 204. The van der Waals surface area contributed by atoms with Crippen molar-refractivity contribution < 1.29 is 4.74 Å². The first-order valence-corrected chi connectivity index (χ1v) is 6.88. The standard InChI is InChI=1S/C13H26N2O/c1-3-15(10-11-6-5-9-16-11)13-8-4-7-12(13)14-2/h11-14H,3-10H2,1-2H3. The third-order valence-electron chi connectivity index (χ3n) is 4.19. The zero-order valence-corrected chi connectivity index (χ0v) is 10.7. The van der Waals surface area contributed by atoms with E-state index >= 15 is 0 Å². The molecule has 1 saturated carbocycles. The highest BCUT2D eigenvalue weighted by molar-refractivity contribution is 4.90. The van der Waals surface area contributed by atoms with Crippen molar-refractivity contribution in [2.45, 2.75) is 57.2 Å². The van der Waals surface area contributed by atoms with Crippen molar-refractivity contribution >= 4 is 0 Å². The highest BCUT2D eigenvalue weighted by atomic mass is 16.5. The predicted octanol–water partition coefficient (Wildman–Crippen LogP) is 1.63. The van der Waals surface area contributed by atoms with Crippen LogP contribution in [0.4, 0.5) is 0 Å². The molecule has 0 aromatic rings. The second-order valence-electron chi connectivity index (χ2n) is 5.12. The molecule has 1 N–H and O–H groups in total. The fourth-order valence-corrected chi connectivity index (χ4v) is 3.26. The number of likely N-dealkylation sites (N-methyl/N-ethyl adjacent to an activating group) is 2. The molecule has 0 radical (unpaired) electrons. The molecule has 3 unspecified atom stereocenters. The van der Waals surface area contributed by atoms with Gasteiger partial charge in [-0.05, 0) is 39.3 Å². The van der Waals surface area contributed by atoms with Crippen molar-refractivity contribution in [1.29, 1.82) is 0 Å². The van der Waals surface area contributed by atoms with Gasteiger partial charge in [0.25, 0.3) is 0 Å². The normalized spacial score (nSPS) is 35.1. The molecule has 0 bridgehead atoms. The maximum absolute atomic E-state index is 5.75. The van der Waals surface area contributed by atoms with Gasteiger partial charge in [0.05, 0.1) is 6.10 Å². The molecule has 0 amide bonds. The summed E-state index contributed by atoms with van der Waals surface area (Å²) in [5.74, 6) is 0. The summed E-state index contributed by atoms with van der Waals surface area (Å²) in [7, 11) is 2.10. The minimum atomic E-state index is 0.498. The van der Waals surface area contributed by atoms with Crippen LogP contribution in [0, 0.1) is 0 Å². The average Bonchev–Trinajstić information content (AvgIpc) is 2.96. The molecule has 2 fully saturated rings. The minimum absolute atomic E-state index is 0.498. The zero-order valence-electron chi connectivity index (χ0n) is 10.7. The smallest absolute Gasteiger partial charge is 0.0702 e. The second kappa shape index (κ2) is 5.99. The molecular formula is C13H26N2O. The third-order valence-corrected chi connectivity index (χ3v) is 4.19. The number of nitrogens with zero attached hydrogens (tertiary/aromatic N) is 1. The third kappa shape index (κ3) is 2.76. The van der Waals surface area contributed by atoms with E-state index in [2.05, 4.69) is 24.2 Å². The molecule has 2 aliphatic rings. The number of hydrogen-bond donors (Lipinski definition) is 1. The van der Waals surface area contributed by atoms with Crippen LogP contribution in [-0.2, 0) is 4.74 Å². The molecule has 1 saturated heterocycles. The maximum atomic E-state index is 5.75. The topological polar surface area (TPSA) is 24.5 Å². The van der Waals surface area contributed by atoms with Crippen molar-refractivity contribution in [3.8, 4) is 0 Å². The van der Waals surface area contributed by atoms with E-state index in [4.69, 9.17) is 4.74 Å². The highest BCUT2D eigenvalue weighted by Crippen LogP contribution is 2.25. The summed E-state index contributed by atoms with van der Waals surface area (Å²) in [5.41, 5.74) is 0. The molecule has 0 aromatic carbocycles. The van der Waals surface area contributed by atoms with E-state index in [-0.39, 0.29) is 0 Å². The average molecular weight is 226 g/mol. The first-order chi connectivity index (χ1) is 7.85. The summed E-state index contributed by atoms with van der Waals surface area (Å²) in [6.07, 6.45) is 7.07. The molecule has 1 aliphatic carbocycles. The number of nitrogens with one attached hydrogen (secondary N) is 1. The molecule has 1 heterocycles. The van der Waals surface area contributed by atoms with E-state index in [0.29, 0.717) is 12.1 Å². The van der Waals surface area contributed by atoms with Crippen LogP contribution in [-0.4, -0.2) is 49.8 Å². The van der Waals surface area contributed by atoms with Gasteiger partial charge >= 0.3 is 0 Å². The summed E-state index contributed by atoms with van der Waals surface area (Å²) >= 11 is 0. The van der Waals surface area contributed by atoms with Crippen molar-refractivity contribution in [3.05, 3.63) is 0 Å². The van der Waals surface area contributed by atoms with E-state index in [9.17, 15) is 0 Å². The Morgan fingerprint density at radius 1 is 1.25 bits per heavy atom. The van der Waals surface area contributed by atoms with Crippen molar-refractivity contribution in [2.75, 3.05) is 26.7 Å². The largest absolute Gasteiger partial charge is 0.377 e. The van der Waals surface area contributed by atoms with Gasteiger partial charge in [0.2, 0.25) is 0 Å². The lowest BCUT2D eigenvalue weighted by Crippen LogP contribution is -2.48. The molecule has 1 aliphatic heterocycles. The van der Waals surface area contributed by atoms with Crippen LogP contribution in [0.1, 0.15) is 39.0 Å². The molecule has 3 nitrogen and oxygen atoms in total. The Morgan fingerprint density at radius 2 is 2.12 bits per heavy atom. The maximum Gasteiger partial charge on any atom is 0.0702 e. The molecule has 3 heteroatoms. The molecular weight excluding hydrogens is 200 g/mol. The van der Waals surface area contributed by atoms with Crippen LogP contribution in [0.3, 0.4) is 0 Å². The van der Waals surface area contributed by atoms with E-state index in [1.807, 2.05) is 0 Å². The van der Waals surface area contributed by atoms with Crippen LogP contribution >= 0.6 is 0 Å². The first kappa shape index (κ1) is 12.3. The predicted molar refractivity (Wildman–Crippen MR) is 66.7 cm³/mol. The van der Waals surface area contributed by atoms with Crippen LogP contribution < -0.4 is 5.32 Å². The second-order valence-corrected chi connectivity index (χ2v) is 5.12. The zero-order chi connectivity index (χ0) is 11.4. The van der Waals surface area contributed by atoms with Gasteiger partial charge in [-0.25, -0.2) is 0 Å². The molecule has 2 rings (SSSR count). The molecule has 16 heavy (non-hydrogen) atoms. The first-order valence-electron chi connectivity index (χ1n) is 6.88. The monoisotopic (exact) mass is 226 g/mol. The van der Waals surface area contributed by atoms with Crippen molar-refractivity contribution in [1.82, 2.24) is 10.2 Å². The van der Waals surface area contributed by atoms with Gasteiger partial charge < -0.3 is 10.1 Å². The summed E-state index contributed by atoms with van der Waals surface area (Å²) in [6, 6.07) is 1.43. The van der Waals surface area contributed by atoms with Gasteiger partial charge in [-0.3, -0.25) is 4.90 Å². The van der Waals surface area contributed by atoms with Crippen molar-refractivity contribution in [3.63, 3.8) is 0 Å². The summed E-state index contributed by atoms with van der Waals surface area (Å²) in [6.45, 7) is 5.55. The lowest BCUT2D eigenvalue weighted by molar-refractivity contribution is 0.0554. The number of ether oxygens (including phenoxy) is 1. The van der Waals surface area contributed by atoms with Gasteiger partial charge in [0.15, 0.2) is 0 Å². The van der Waals surface area contributed by atoms with Crippen LogP contribution in [0.5, 0.6) is 0 Å². The molecule has 3 atom stereocenters. The van der Waals surface area contributed by atoms with E-state index in [1.165, 1.54) is 32.1 Å². The van der Waals surface area contributed by atoms with E-state index in [1.54, 1.807) is 0 Å². The quantitative estimate of drug-likeness (QED) is 0.771. The molecule has 0 aromatic heterocycles. The van der Waals surface area contributed by atoms with E-state index < -0.39 is 0 Å². The summed E-state index contributed by atoms with van der Waals surface area (Å²) in [5, 5.41) is 3.47. The number of rotatable bonds is 5. The minimum Gasteiger partial charge on any atom is -0.377 e. The van der Waals surface area contributed by atoms with Gasteiger partial charge in [-0.2, -0.15) is 0 Å². The molecule has 94 valence electrons. The summed E-state index contributed by atoms with van der Waals surface area (Å²) < 4.78 is 5.75. The van der Waals surface area contributed by atoms with Gasteiger partial charge in [0, 0.05) is 25.2 Å². The van der Waals surface area contributed by atoms with Crippen molar-refractivity contribution in [2.24, 2.45) is 0 Å². The van der Waals surface area contributed by atoms with Gasteiger partial charge in [-0.1, -0.05) is 13.3 Å². The Hall–Kier alpha value is -0.120. The SMILES string of the molecule is CCN(CC1CCCO1)C1CCCC1NC. The van der Waals surface area contributed by atoms with Crippen LogP contribution in [0.25, 0.3) is 0 Å². The Morgan fingerprint density at radius 3 is 2.75 bits per heavy atom. The lowest BCUT2D eigenvalue weighted by atomic mass is 10.1. The van der Waals surface area contributed by atoms with E-state index in [0.717, 1.165) is 25.7 Å². The Balaban J connectivity index is 1.87. The highest BCUT2D eigenvalue weighted by Gasteiger charge is 2.32.